The molecule has 1 aromatic carbocycles. The molecule has 1 atom stereocenters. The van der Waals surface area contributed by atoms with Crippen molar-refractivity contribution in [3.63, 3.8) is 0 Å². The summed E-state index contributed by atoms with van der Waals surface area (Å²) in [7, 11) is -2.44. The van der Waals surface area contributed by atoms with E-state index in [1.165, 1.54) is 7.11 Å². The minimum absolute atomic E-state index is 0.0746. The number of carbonyl (C=O) groups excluding carboxylic acids is 2. The van der Waals surface area contributed by atoms with Gasteiger partial charge in [0.1, 0.15) is 6.04 Å². The molecule has 1 amide bonds. The number of benzene rings is 1. The fourth-order valence-electron chi connectivity index (χ4n) is 2.68. The van der Waals surface area contributed by atoms with E-state index in [4.69, 9.17) is 0 Å². The van der Waals surface area contributed by atoms with Gasteiger partial charge in [-0.3, -0.25) is 19.2 Å². The summed E-state index contributed by atoms with van der Waals surface area (Å²) in [6.07, 6.45) is 1.34. The van der Waals surface area contributed by atoms with Crippen LogP contribution >= 0.6 is 23.1 Å². The lowest BCUT2D eigenvalue weighted by Gasteiger charge is -2.31. The zero-order chi connectivity index (χ0) is 22.5. The summed E-state index contributed by atoms with van der Waals surface area (Å²) in [4.78, 5) is 24.2. The normalized spacial score (nSPS) is 12.3. The highest BCUT2D eigenvalue weighted by Crippen LogP contribution is 2.29. The van der Waals surface area contributed by atoms with E-state index in [1.807, 2.05) is 19.1 Å². The maximum Gasteiger partial charge on any atom is 0.316 e. The van der Waals surface area contributed by atoms with E-state index in [-0.39, 0.29) is 17.3 Å². The summed E-state index contributed by atoms with van der Waals surface area (Å²) in [5, 5.41) is 10.7. The van der Waals surface area contributed by atoms with Gasteiger partial charge in [-0.25, -0.2) is 8.42 Å². The Morgan fingerprint density at radius 1 is 1.30 bits per heavy atom. The first-order valence-corrected chi connectivity index (χ1v) is 12.6. The smallest absolute Gasteiger partial charge is 0.316 e. The van der Waals surface area contributed by atoms with Crippen LogP contribution in [-0.4, -0.2) is 55.7 Å². The molecule has 0 saturated carbocycles. The third-order valence-corrected chi connectivity index (χ3v) is 7.22. The number of rotatable bonds is 9. The van der Waals surface area contributed by atoms with Gasteiger partial charge in [0.15, 0.2) is 4.34 Å². The standard InChI is InChI=1S/C18H24N4O5S3/c1-6-13(22(30(5,25)26)14-9-11(2)7-8-12(14)3)16(24)19-17-20-21-18(29-17)28-10-15(23)27-4/h7-9,13H,6,10H2,1-5H3,(H,19,20,24). The first-order chi connectivity index (χ1) is 14.1. The number of nitrogens with zero attached hydrogens (tertiary/aromatic N) is 3. The molecule has 2 rings (SSSR count). The lowest BCUT2D eigenvalue weighted by Crippen LogP contribution is -2.47. The minimum Gasteiger partial charge on any atom is -0.468 e. The second kappa shape index (κ2) is 10.2. The topological polar surface area (TPSA) is 119 Å². The van der Waals surface area contributed by atoms with Crippen molar-refractivity contribution in [2.45, 2.75) is 37.6 Å². The number of hydrogen-bond acceptors (Lipinski definition) is 9. The Morgan fingerprint density at radius 3 is 2.60 bits per heavy atom. The quantitative estimate of drug-likeness (QED) is 0.336. The van der Waals surface area contributed by atoms with Crippen LogP contribution in [0.4, 0.5) is 10.8 Å². The van der Waals surface area contributed by atoms with Crippen molar-refractivity contribution in [3.05, 3.63) is 29.3 Å². The van der Waals surface area contributed by atoms with Gasteiger partial charge in [0.25, 0.3) is 0 Å². The first-order valence-electron chi connectivity index (χ1n) is 8.97. The number of nitrogens with one attached hydrogen (secondary N) is 1. The van der Waals surface area contributed by atoms with Gasteiger partial charge >= 0.3 is 5.97 Å². The van der Waals surface area contributed by atoms with Crippen LogP contribution < -0.4 is 9.62 Å². The Labute approximate surface area is 184 Å². The lowest BCUT2D eigenvalue weighted by atomic mass is 10.1. The van der Waals surface area contributed by atoms with Gasteiger partial charge in [-0.1, -0.05) is 42.2 Å². The van der Waals surface area contributed by atoms with E-state index < -0.39 is 27.9 Å². The second-order valence-corrected chi connectivity index (χ2v) is 10.6. The Morgan fingerprint density at radius 2 is 2.00 bits per heavy atom. The summed E-state index contributed by atoms with van der Waals surface area (Å²) >= 11 is 2.23. The number of methoxy groups -OCH3 is 1. The largest absolute Gasteiger partial charge is 0.468 e. The van der Waals surface area contributed by atoms with Gasteiger partial charge in [-0.05, 0) is 37.5 Å². The van der Waals surface area contributed by atoms with Crippen molar-refractivity contribution < 1.29 is 22.7 Å². The number of carbonyl (C=O) groups is 2. The molecule has 0 aliphatic carbocycles. The predicted octanol–water partition coefficient (Wildman–Crippen LogP) is 2.60. The highest BCUT2D eigenvalue weighted by atomic mass is 32.2. The molecule has 1 heterocycles. The molecule has 12 heteroatoms. The van der Waals surface area contributed by atoms with E-state index in [2.05, 4.69) is 20.3 Å². The highest BCUT2D eigenvalue weighted by Gasteiger charge is 2.33. The molecule has 1 aromatic heterocycles. The molecule has 0 bridgehead atoms. The van der Waals surface area contributed by atoms with Crippen LogP contribution in [0, 0.1) is 13.8 Å². The third-order valence-electron chi connectivity index (χ3n) is 4.11. The Hall–Kier alpha value is -2.18. The summed E-state index contributed by atoms with van der Waals surface area (Å²) < 4.78 is 31.4. The predicted molar refractivity (Wildman–Crippen MR) is 119 cm³/mol. The fraction of sp³-hybridized carbons (Fsp3) is 0.444. The number of hydrogen-bond donors (Lipinski definition) is 1. The summed E-state index contributed by atoms with van der Waals surface area (Å²) in [5.74, 6) is -0.834. The molecule has 30 heavy (non-hydrogen) atoms. The first kappa shape index (κ1) is 24.1. The van der Waals surface area contributed by atoms with Crippen LogP contribution in [0.3, 0.4) is 0 Å². The summed E-state index contributed by atoms with van der Waals surface area (Å²) in [6.45, 7) is 5.40. The molecule has 0 saturated heterocycles. The lowest BCUT2D eigenvalue weighted by molar-refractivity contribution is -0.137. The number of sulfonamides is 1. The number of amides is 1. The number of anilines is 2. The third kappa shape index (κ3) is 6.16. The van der Waals surface area contributed by atoms with Crippen LogP contribution in [-0.2, 0) is 24.3 Å². The van der Waals surface area contributed by atoms with Gasteiger partial charge in [-0.2, -0.15) is 0 Å². The number of thioether (sulfide) groups is 1. The SMILES string of the molecule is CCC(C(=O)Nc1nnc(SCC(=O)OC)s1)N(c1cc(C)ccc1C)S(C)(=O)=O. The van der Waals surface area contributed by atoms with E-state index in [1.54, 1.807) is 19.9 Å². The molecule has 1 N–H and O–H groups in total. The number of aryl methyl sites for hydroxylation is 2. The molecular weight excluding hydrogens is 448 g/mol. The molecule has 0 spiro atoms. The van der Waals surface area contributed by atoms with E-state index >= 15 is 0 Å². The summed E-state index contributed by atoms with van der Waals surface area (Å²) in [5.41, 5.74) is 2.09. The monoisotopic (exact) mass is 472 g/mol. The van der Waals surface area contributed by atoms with E-state index in [9.17, 15) is 18.0 Å². The molecule has 2 aromatic rings. The van der Waals surface area contributed by atoms with Crippen LogP contribution in [0.1, 0.15) is 24.5 Å². The summed E-state index contributed by atoms with van der Waals surface area (Å²) in [6, 6.07) is 4.49. The molecule has 9 nitrogen and oxygen atoms in total. The Kier molecular flexibility index (Phi) is 8.21. The van der Waals surface area contributed by atoms with Crippen molar-refractivity contribution in [2.24, 2.45) is 0 Å². The van der Waals surface area contributed by atoms with Gasteiger partial charge in [0.2, 0.25) is 21.1 Å². The van der Waals surface area contributed by atoms with Crippen LogP contribution in [0.5, 0.6) is 0 Å². The second-order valence-electron chi connectivity index (χ2n) is 6.50. The maximum atomic E-state index is 13.0. The minimum atomic E-state index is -3.74. The average molecular weight is 473 g/mol. The van der Waals surface area contributed by atoms with Crippen LogP contribution in [0.2, 0.25) is 0 Å². The molecule has 164 valence electrons. The molecule has 0 aliphatic heterocycles. The van der Waals surface area contributed by atoms with Crippen molar-refractivity contribution in [1.82, 2.24) is 10.2 Å². The number of ether oxygens (including phenoxy) is 1. The molecule has 1 unspecified atom stereocenters. The Bertz CT molecular complexity index is 1020. The molecule has 0 fully saturated rings. The zero-order valence-electron chi connectivity index (χ0n) is 17.3. The van der Waals surface area contributed by atoms with Gasteiger partial charge in [-0.15, -0.1) is 10.2 Å². The van der Waals surface area contributed by atoms with E-state index in [0.29, 0.717) is 10.0 Å². The van der Waals surface area contributed by atoms with Crippen molar-refractivity contribution >= 4 is 55.8 Å². The van der Waals surface area contributed by atoms with Gasteiger partial charge < -0.3 is 4.74 Å². The van der Waals surface area contributed by atoms with E-state index in [0.717, 1.165) is 44.8 Å². The zero-order valence-corrected chi connectivity index (χ0v) is 19.8. The highest BCUT2D eigenvalue weighted by molar-refractivity contribution is 8.01. The Balaban J connectivity index is 2.26. The van der Waals surface area contributed by atoms with Gasteiger partial charge in [0.05, 0.1) is 24.8 Å². The van der Waals surface area contributed by atoms with Crippen molar-refractivity contribution in [2.75, 3.05) is 28.7 Å². The number of aromatic nitrogens is 2. The van der Waals surface area contributed by atoms with Crippen LogP contribution in [0.15, 0.2) is 22.5 Å². The van der Waals surface area contributed by atoms with Crippen molar-refractivity contribution in [1.29, 1.82) is 0 Å². The average Bonchev–Trinajstić information content (AvgIpc) is 3.12. The molecule has 0 aliphatic rings. The fourth-order valence-corrected chi connectivity index (χ4v) is 5.53. The van der Waals surface area contributed by atoms with Crippen LogP contribution in [0.25, 0.3) is 0 Å². The molecular formula is C18H24N4O5S3. The number of esters is 1. The van der Waals surface area contributed by atoms with Crippen molar-refractivity contribution in [3.8, 4) is 0 Å². The molecule has 0 radical (unpaired) electrons. The van der Waals surface area contributed by atoms with Gasteiger partial charge in [0, 0.05) is 0 Å². The maximum absolute atomic E-state index is 13.0.